The molecule has 2 unspecified atom stereocenters. The Morgan fingerprint density at radius 2 is 1.90 bits per heavy atom. The highest BCUT2D eigenvalue weighted by Crippen LogP contribution is 2.30. The number of aliphatic hydroxyl groups is 2. The summed E-state index contributed by atoms with van der Waals surface area (Å²) in [6.07, 6.45) is 4.93. The first-order valence-corrected chi connectivity index (χ1v) is 11.4. The van der Waals surface area contributed by atoms with Crippen LogP contribution in [0.25, 0.3) is 16.5 Å². The van der Waals surface area contributed by atoms with Crippen molar-refractivity contribution in [3.63, 3.8) is 0 Å². The third kappa shape index (κ3) is 5.69. The molecular weight excluding hydrogens is 411 g/mol. The summed E-state index contributed by atoms with van der Waals surface area (Å²) in [5.41, 5.74) is 4.60. The maximum Gasteiger partial charge on any atom is 0.123 e. The maximum atomic E-state index is 13.2. The van der Waals surface area contributed by atoms with E-state index in [0.717, 1.165) is 22.4 Å². The number of rotatable bonds is 6. The molecule has 0 bridgehead atoms. The minimum absolute atomic E-state index is 0.0726. The van der Waals surface area contributed by atoms with Crippen molar-refractivity contribution >= 4 is 17.4 Å². The monoisotopic (exact) mass is 438 g/mol. The molecule has 1 aliphatic rings. The Balaban J connectivity index is 1.46. The number of thiophene rings is 1. The van der Waals surface area contributed by atoms with E-state index in [9.17, 15) is 14.6 Å². The van der Waals surface area contributed by atoms with E-state index in [2.05, 4.69) is 37.3 Å². The average Bonchev–Trinajstić information content (AvgIpc) is 3.23. The molecule has 5 heteroatoms. The molecule has 0 radical (unpaired) electrons. The fraction of sp³-hybridized carbons (Fsp3) is 0.308. The van der Waals surface area contributed by atoms with Crippen LogP contribution in [0.1, 0.15) is 34.4 Å². The highest BCUT2D eigenvalue weighted by atomic mass is 32.1. The summed E-state index contributed by atoms with van der Waals surface area (Å²) in [7, 11) is 0. The van der Waals surface area contributed by atoms with Crippen LogP contribution in [0.2, 0.25) is 0 Å². The van der Waals surface area contributed by atoms with E-state index >= 15 is 0 Å². The van der Waals surface area contributed by atoms with Gasteiger partial charge in [0.05, 0.1) is 24.9 Å². The molecule has 3 aromatic rings. The van der Waals surface area contributed by atoms with E-state index in [1.54, 1.807) is 11.3 Å². The Kier molecular flexibility index (Phi) is 6.98. The van der Waals surface area contributed by atoms with Gasteiger partial charge >= 0.3 is 0 Å². The van der Waals surface area contributed by atoms with Crippen LogP contribution in [0.4, 0.5) is 4.39 Å². The molecule has 1 aromatic heterocycles. The van der Waals surface area contributed by atoms with Crippen LogP contribution in [0, 0.1) is 12.7 Å². The zero-order valence-electron chi connectivity index (χ0n) is 17.5. The van der Waals surface area contributed by atoms with Gasteiger partial charge in [-0.3, -0.25) is 0 Å². The fourth-order valence-electron chi connectivity index (χ4n) is 3.90. The van der Waals surface area contributed by atoms with E-state index in [1.807, 2.05) is 24.3 Å². The highest BCUT2D eigenvalue weighted by Gasteiger charge is 2.26. The predicted molar refractivity (Wildman–Crippen MR) is 124 cm³/mol. The second-order valence-corrected chi connectivity index (χ2v) is 9.27. The molecule has 0 aliphatic carbocycles. The number of aryl methyl sites for hydroxylation is 1. The molecule has 2 N–H and O–H groups in total. The van der Waals surface area contributed by atoms with Crippen molar-refractivity contribution in [3.8, 4) is 10.4 Å². The van der Waals surface area contributed by atoms with Crippen LogP contribution in [0.5, 0.6) is 0 Å². The minimum atomic E-state index is -0.441. The van der Waals surface area contributed by atoms with Gasteiger partial charge in [-0.1, -0.05) is 42.5 Å². The number of ether oxygens (including phenoxy) is 1. The first-order chi connectivity index (χ1) is 15.0. The van der Waals surface area contributed by atoms with Gasteiger partial charge in [-0.05, 0) is 53.4 Å². The normalized spacial score (nSPS) is 21.6. The summed E-state index contributed by atoms with van der Waals surface area (Å²) in [6.45, 7) is 2.04. The zero-order chi connectivity index (χ0) is 21.8. The number of halogens is 1. The first kappa shape index (κ1) is 21.9. The lowest BCUT2D eigenvalue weighted by atomic mass is 9.99. The van der Waals surface area contributed by atoms with E-state index in [-0.39, 0.29) is 24.6 Å². The molecule has 2 heterocycles. The Labute approximate surface area is 186 Å². The van der Waals surface area contributed by atoms with E-state index in [0.29, 0.717) is 12.8 Å². The Morgan fingerprint density at radius 1 is 1.10 bits per heavy atom. The Morgan fingerprint density at radius 3 is 2.68 bits per heavy atom. The van der Waals surface area contributed by atoms with Crippen LogP contribution in [-0.2, 0) is 11.2 Å². The third-order valence-corrected chi connectivity index (χ3v) is 6.78. The Hall–Kier alpha value is -2.31. The second kappa shape index (κ2) is 9.88. The topological polar surface area (TPSA) is 49.7 Å². The van der Waals surface area contributed by atoms with E-state index in [4.69, 9.17) is 4.74 Å². The molecule has 3 nitrogen and oxygen atoms in total. The summed E-state index contributed by atoms with van der Waals surface area (Å²) in [6, 6.07) is 17.2. The van der Waals surface area contributed by atoms with Crippen molar-refractivity contribution in [1.82, 2.24) is 0 Å². The molecular formula is C26H27FO3S. The van der Waals surface area contributed by atoms with Crippen LogP contribution in [0.15, 0.2) is 60.7 Å². The molecule has 0 spiro atoms. The summed E-state index contributed by atoms with van der Waals surface area (Å²) in [4.78, 5) is 2.39. The summed E-state index contributed by atoms with van der Waals surface area (Å²) in [5.74, 6) is -0.221. The van der Waals surface area contributed by atoms with Crippen molar-refractivity contribution in [1.29, 1.82) is 0 Å². The number of hydrogen-bond donors (Lipinski definition) is 2. The molecule has 1 fully saturated rings. The average molecular weight is 439 g/mol. The molecule has 0 saturated carbocycles. The van der Waals surface area contributed by atoms with Gasteiger partial charge in [0.2, 0.25) is 0 Å². The lowest BCUT2D eigenvalue weighted by Gasteiger charge is -2.30. The molecule has 4 rings (SSSR count). The van der Waals surface area contributed by atoms with E-state index < -0.39 is 6.10 Å². The van der Waals surface area contributed by atoms with Crippen molar-refractivity contribution < 1.29 is 19.3 Å². The quantitative estimate of drug-likeness (QED) is 0.544. The van der Waals surface area contributed by atoms with Crippen LogP contribution < -0.4 is 0 Å². The zero-order valence-corrected chi connectivity index (χ0v) is 18.3. The smallest absolute Gasteiger partial charge is 0.123 e. The van der Waals surface area contributed by atoms with Crippen LogP contribution >= 0.6 is 11.3 Å². The third-order valence-electron chi connectivity index (χ3n) is 5.64. The molecule has 162 valence electrons. The molecule has 1 saturated heterocycles. The molecule has 31 heavy (non-hydrogen) atoms. The van der Waals surface area contributed by atoms with Gasteiger partial charge in [-0.2, -0.15) is 0 Å². The second-order valence-electron chi connectivity index (χ2n) is 8.10. The van der Waals surface area contributed by atoms with Crippen molar-refractivity contribution in [2.24, 2.45) is 0 Å². The lowest BCUT2D eigenvalue weighted by molar-refractivity contribution is -0.0932. The van der Waals surface area contributed by atoms with Gasteiger partial charge in [0.15, 0.2) is 0 Å². The molecule has 0 amide bonds. The Bertz CT molecular complexity index is 1040. The van der Waals surface area contributed by atoms with Gasteiger partial charge in [0.25, 0.3) is 0 Å². The van der Waals surface area contributed by atoms with Crippen molar-refractivity contribution in [3.05, 3.63) is 88.1 Å². The largest absolute Gasteiger partial charge is 0.394 e. The van der Waals surface area contributed by atoms with Crippen molar-refractivity contribution in [2.75, 3.05) is 6.61 Å². The predicted octanol–water partition coefficient (Wildman–Crippen LogP) is 5.37. The number of aliphatic hydroxyl groups excluding tert-OH is 2. The summed E-state index contributed by atoms with van der Waals surface area (Å²) >= 11 is 1.73. The number of benzene rings is 2. The summed E-state index contributed by atoms with van der Waals surface area (Å²) in [5, 5.41) is 19.3. The van der Waals surface area contributed by atoms with Gasteiger partial charge in [0, 0.05) is 29.0 Å². The summed E-state index contributed by atoms with van der Waals surface area (Å²) < 4.78 is 19.0. The molecule has 2 aromatic carbocycles. The van der Waals surface area contributed by atoms with Crippen LogP contribution in [-0.4, -0.2) is 35.1 Å². The van der Waals surface area contributed by atoms with Crippen molar-refractivity contribution in [2.45, 2.75) is 44.5 Å². The van der Waals surface area contributed by atoms with Gasteiger partial charge < -0.3 is 14.9 Å². The van der Waals surface area contributed by atoms with Gasteiger partial charge in [0.1, 0.15) is 5.82 Å². The SMILES string of the molecule is Cc1ccc(C=CC2C[C@@H](O)CC(CO)O2)cc1Cc1ccc(-c2ccc(F)cc2)s1. The number of hydrogen-bond acceptors (Lipinski definition) is 4. The maximum absolute atomic E-state index is 13.2. The fourth-order valence-corrected chi connectivity index (χ4v) is 4.94. The first-order valence-electron chi connectivity index (χ1n) is 10.6. The molecule has 1 aliphatic heterocycles. The van der Waals surface area contributed by atoms with Crippen LogP contribution in [0.3, 0.4) is 0 Å². The standard InChI is InChI=1S/C26H27FO3S/c1-17-2-3-18(4-9-23-14-22(29)15-24(16-28)30-23)12-20(17)13-25-10-11-26(31-25)19-5-7-21(27)8-6-19/h2-12,22-24,28-29H,13-16H2,1H3/t22-,23?,24?/m1/s1. The van der Waals surface area contributed by atoms with Gasteiger partial charge in [-0.15, -0.1) is 11.3 Å². The minimum Gasteiger partial charge on any atom is -0.394 e. The highest BCUT2D eigenvalue weighted by molar-refractivity contribution is 7.15. The van der Waals surface area contributed by atoms with E-state index in [1.165, 1.54) is 28.1 Å². The van der Waals surface area contributed by atoms with Gasteiger partial charge in [-0.25, -0.2) is 4.39 Å². The lowest BCUT2D eigenvalue weighted by Crippen LogP contribution is -2.36. The molecule has 3 atom stereocenters.